The van der Waals surface area contributed by atoms with Crippen LogP contribution in [0.5, 0.6) is 5.75 Å². The maximum absolute atomic E-state index is 12.7. The van der Waals surface area contributed by atoms with E-state index in [1.807, 2.05) is 0 Å². The number of rotatable bonds is 2. The molecule has 0 unspecified atom stereocenters. The summed E-state index contributed by atoms with van der Waals surface area (Å²) in [5, 5.41) is 9.75. The van der Waals surface area contributed by atoms with Gasteiger partial charge in [-0.1, -0.05) is 42.2 Å². The van der Waals surface area contributed by atoms with Gasteiger partial charge in [-0.3, -0.25) is 9.78 Å². The Kier molecular flexibility index (Phi) is 5.34. The van der Waals surface area contributed by atoms with Gasteiger partial charge in [0.2, 0.25) is 0 Å². The normalized spacial score (nSPS) is 12.3. The largest absolute Gasteiger partial charge is 0.507 e. The highest BCUT2D eigenvalue weighted by atomic mass is 32.2. The van der Waals surface area contributed by atoms with Crippen LogP contribution in [0.25, 0.3) is 0 Å². The summed E-state index contributed by atoms with van der Waals surface area (Å²) in [6.07, 6.45) is 4.29. The van der Waals surface area contributed by atoms with E-state index in [-0.39, 0.29) is 11.3 Å². The van der Waals surface area contributed by atoms with Crippen molar-refractivity contribution < 1.29 is 14.1 Å². The number of carbonyl (C=O) groups is 1. The van der Waals surface area contributed by atoms with E-state index in [0.717, 1.165) is 0 Å². The number of benzene rings is 2. The van der Waals surface area contributed by atoms with E-state index in [9.17, 15) is 14.1 Å². The zero-order chi connectivity index (χ0) is 19.3. The lowest BCUT2D eigenvalue weighted by molar-refractivity contribution is 0.100. The maximum Gasteiger partial charge on any atom is 0.286 e. The minimum atomic E-state index is -2.85. The third-order valence-electron chi connectivity index (χ3n) is 3.67. The van der Waals surface area contributed by atoms with Gasteiger partial charge in [0.1, 0.15) is 5.75 Å². The third kappa shape index (κ3) is 4.60. The van der Waals surface area contributed by atoms with Crippen LogP contribution in [-0.4, -0.2) is 26.5 Å². The van der Waals surface area contributed by atoms with Crippen LogP contribution in [0.15, 0.2) is 82.3 Å². The van der Waals surface area contributed by atoms with Crippen molar-refractivity contribution in [1.29, 1.82) is 0 Å². The van der Waals surface area contributed by atoms with Crippen LogP contribution < -0.4 is 0 Å². The molecule has 0 radical (unpaired) electrons. The standard InChI is InChI=1S/C21H16N2O3S/c1-27(26,19-8-3-2-4-9-19)23-21(25)18-13-16(14-22-15-18)11-12-17-7-5-6-10-20(17)24/h2-10,13-15,24H,1H3/t27-/m0/s1. The predicted octanol–water partition coefficient (Wildman–Crippen LogP) is 3.48. The summed E-state index contributed by atoms with van der Waals surface area (Å²) >= 11 is 0. The molecule has 27 heavy (non-hydrogen) atoms. The summed E-state index contributed by atoms with van der Waals surface area (Å²) in [4.78, 5) is 16.9. The summed E-state index contributed by atoms with van der Waals surface area (Å²) in [5.74, 6) is 5.14. The van der Waals surface area contributed by atoms with Crippen molar-refractivity contribution in [2.75, 3.05) is 6.26 Å². The van der Waals surface area contributed by atoms with Gasteiger partial charge in [0.25, 0.3) is 5.91 Å². The van der Waals surface area contributed by atoms with Gasteiger partial charge in [0.05, 0.1) is 20.9 Å². The number of phenols is 1. The molecule has 1 amide bonds. The zero-order valence-corrected chi connectivity index (χ0v) is 15.3. The number of phenolic OH excluding ortho intramolecular Hbond substituents is 1. The molecular formula is C21H16N2O3S. The van der Waals surface area contributed by atoms with Crippen LogP contribution >= 0.6 is 0 Å². The highest BCUT2D eigenvalue weighted by Crippen LogP contribution is 2.15. The molecule has 1 N–H and O–H groups in total. The molecule has 5 nitrogen and oxygen atoms in total. The molecule has 0 fully saturated rings. The second-order valence-electron chi connectivity index (χ2n) is 5.74. The molecule has 0 bridgehead atoms. The number of hydrogen-bond donors (Lipinski definition) is 1. The molecule has 2 aromatic carbocycles. The summed E-state index contributed by atoms with van der Waals surface area (Å²) in [6, 6.07) is 16.9. The Morgan fingerprint density at radius 3 is 2.48 bits per heavy atom. The quantitative estimate of drug-likeness (QED) is 0.695. The Hall–Kier alpha value is -3.43. The van der Waals surface area contributed by atoms with E-state index in [1.165, 1.54) is 24.7 Å². The van der Waals surface area contributed by atoms with Crippen LogP contribution in [0.4, 0.5) is 0 Å². The molecule has 0 aliphatic carbocycles. The molecule has 1 atom stereocenters. The van der Waals surface area contributed by atoms with Gasteiger partial charge in [0.15, 0.2) is 0 Å². The molecule has 0 saturated carbocycles. The topological polar surface area (TPSA) is 79.6 Å². The SMILES string of the molecule is C[S@@](=O)(=NC(=O)c1cncc(C#Cc2ccccc2O)c1)c1ccccc1. The summed E-state index contributed by atoms with van der Waals surface area (Å²) in [5.41, 5.74) is 1.16. The number of pyridine rings is 1. The Bertz CT molecular complexity index is 1170. The summed E-state index contributed by atoms with van der Waals surface area (Å²) in [7, 11) is -2.85. The van der Waals surface area contributed by atoms with Crippen LogP contribution in [0.2, 0.25) is 0 Å². The van der Waals surface area contributed by atoms with Crippen LogP contribution in [0, 0.1) is 11.8 Å². The highest BCUT2D eigenvalue weighted by molar-refractivity contribution is 7.93. The van der Waals surface area contributed by atoms with Gasteiger partial charge in [-0.2, -0.15) is 4.36 Å². The Morgan fingerprint density at radius 2 is 1.74 bits per heavy atom. The number of aromatic nitrogens is 1. The number of hydrogen-bond acceptors (Lipinski definition) is 4. The highest BCUT2D eigenvalue weighted by Gasteiger charge is 2.11. The second kappa shape index (κ2) is 7.85. The number of aromatic hydroxyl groups is 1. The molecule has 1 heterocycles. The minimum Gasteiger partial charge on any atom is -0.507 e. The van der Waals surface area contributed by atoms with E-state index in [1.54, 1.807) is 54.6 Å². The van der Waals surface area contributed by atoms with Gasteiger partial charge in [-0.25, -0.2) is 4.21 Å². The fraction of sp³-hybridized carbons (Fsp3) is 0.0476. The van der Waals surface area contributed by atoms with Crippen LogP contribution in [0.3, 0.4) is 0 Å². The predicted molar refractivity (Wildman–Crippen MR) is 104 cm³/mol. The van der Waals surface area contributed by atoms with Crippen molar-refractivity contribution in [2.24, 2.45) is 4.36 Å². The van der Waals surface area contributed by atoms with Crippen molar-refractivity contribution in [2.45, 2.75) is 4.90 Å². The monoisotopic (exact) mass is 376 g/mol. The number of carbonyl (C=O) groups excluding carboxylic acids is 1. The van der Waals surface area contributed by atoms with Crippen molar-refractivity contribution in [3.05, 3.63) is 89.7 Å². The molecule has 0 aliphatic rings. The first-order chi connectivity index (χ1) is 13.0. The Balaban J connectivity index is 1.90. The van der Waals surface area contributed by atoms with E-state index >= 15 is 0 Å². The molecule has 6 heteroatoms. The number of nitrogens with zero attached hydrogens (tertiary/aromatic N) is 2. The molecule has 134 valence electrons. The van der Waals surface area contributed by atoms with Crippen LogP contribution in [-0.2, 0) is 9.73 Å². The number of amides is 1. The fourth-order valence-electron chi connectivity index (χ4n) is 2.28. The Labute approximate surface area is 157 Å². The first kappa shape index (κ1) is 18.4. The van der Waals surface area contributed by atoms with Gasteiger partial charge in [0, 0.05) is 29.1 Å². The van der Waals surface area contributed by atoms with E-state index in [4.69, 9.17) is 0 Å². The van der Waals surface area contributed by atoms with Crippen molar-refractivity contribution >= 4 is 15.6 Å². The third-order valence-corrected chi connectivity index (χ3v) is 5.33. The fourth-order valence-corrected chi connectivity index (χ4v) is 3.47. The lowest BCUT2D eigenvalue weighted by Crippen LogP contribution is -2.04. The van der Waals surface area contributed by atoms with E-state index < -0.39 is 15.6 Å². The molecule has 3 rings (SSSR count). The molecule has 0 aliphatic heterocycles. The van der Waals surface area contributed by atoms with Crippen molar-refractivity contribution in [3.63, 3.8) is 0 Å². The average Bonchev–Trinajstić information content (AvgIpc) is 2.68. The average molecular weight is 376 g/mol. The molecule has 0 spiro atoms. The smallest absolute Gasteiger partial charge is 0.286 e. The molecular weight excluding hydrogens is 360 g/mol. The van der Waals surface area contributed by atoms with E-state index in [2.05, 4.69) is 21.2 Å². The molecule has 1 aromatic heterocycles. The van der Waals surface area contributed by atoms with Crippen molar-refractivity contribution in [3.8, 4) is 17.6 Å². The van der Waals surface area contributed by atoms with Gasteiger partial charge in [-0.15, -0.1) is 0 Å². The van der Waals surface area contributed by atoms with Gasteiger partial charge >= 0.3 is 0 Å². The van der Waals surface area contributed by atoms with Gasteiger partial charge < -0.3 is 5.11 Å². The van der Waals surface area contributed by atoms with E-state index in [0.29, 0.717) is 16.0 Å². The lowest BCUT2D eigenvalue weighted by Gasteiger charge is -2.03. The number of para-hydroxylation sites is 1. The minimum absolute atomic E-state index is 0.0776. The lowest BCUT2D eigenvalue weighted by atomic mass is 10.1. The first-order valence-corrected chi connectivity index (χ1v) is 9.95. The molecule has 0 saturated heterocycles. The second-order valence-corrected chi connectivity index (χ2v) is 8.00. The van der Waals surface area contributed by atoms with Crippen molar-refractivity contribution in [1.82, 2.24) is 4.98 Å². The summed E-state index contributed by atoms with van der Waals surface area (Å²) < 4.78 is 16.6. The zero-order valence-electron chi connectivity index (χ0n) is 14.5. The van der Waals surface area contributed by atoms with Crippen LogP contribution in [0.1, 0.15) is 21.5 Å². The maximum atomic E-state index is 12.7. The Morgan fingerprint density at radius 1 is 1.04 bits per heavy atom. The summed E-state index contributed by atoms with van der Waals surface area (Å²) in [6.45, 7) is 0. The van der Waals surface area contributed by atoms with Gasteiger partial charge in [-0.05, 0) is 30.3 Å². The first-order valence-electron chi connectivity index (χ1n) is 8.02. The molecule has 3 aromatic rings.